The van der Waals surface area contributed by atoms with E-state index in [4.69, 9.17) is 20.4 Å². The van der Waals surface area contributed by atoms with Gasteiger partial charge in [-0.2, -0.15) is 13.2 Å². The molecule has 1 saturated heterocycles. The monoisotopic (exact) mass is 272 g/mol. The topological polar surface area (TPSA) is 92.9 Å². The molecule has 3 N–H and O–H groups in total. The first-order valence-electron chi connectivity index (χ1n) is 5.14. The van der Waals surface area contributed by atoms with E-state index in [0.717, 1.165) is 13.1 Å². The van der Waals surface area contributed by atoms with Gasteiger partial charge >= 0.3 is 12.1 Å². The molecule has 9 heteroatoms. The fourth-order valence-electron chi connectivity index (χ4n) is 1.09. The Morgan fingerprint density at radius 3 is 2.06 bits per heavy atom. The number of rotatable bonds is 2. The van der Waals surface area contributed by atoms with Gasteiger partial charge in [0, 0.05) is 26.1 Å². The van der Waals surface area contributed by atoms with Crippen LogP contribution < -0.4 is 5.73 Å². The van der Waals surface area contributed by atoms with E-state index in [1.54, 1.807) is 4.90 Å². The lowest BCUT2D eigenvalue weighted by atomic mass is 10.3. The first kappa shape index (κ1) is 16.6. The molecule has 0 saturated carbocycles. The van der Waals surface area contributed by atoms with Gasteiger partial charge in [0.05, 0.1) is 13.2 Å². The minimum atomic E-state index is -5.08. The number of alkyl halides is 3. The zero-order valence-corrected chi connectivity index (χ0v) is 9.57. The molecule has 0 aromatic rings. The summed E-state index contributed by atoms with van der Waals surface area (Å²) in [6.45, 7) is 3.21. The zero-order valence-electron chi connectivity index (χ0n) is 9.57. The highest BCUT2D eigenvalue weighted by Crippen LogP contribution is 2.13. The highest BCUT2D eigenvalue weighted by atomic mass is 19.4. The second-order valence-corrected chi connectivity index (χ2v) is 3.33. The molecular weight excluding hydrogens is 257 g/mol. The van der Waals surface area contributed by atoms with Gasteiger partial charge in [0.2, 0.25) is 5.91 Å². The Morgan fingerprint density at radius 1 is 1.28 bits per heavy atom. The smallest absolute Gasteiger partial charge is 0.475 e. The van der Waals surface area contributed by atoms with Crippen molar-refractivity contribution in [2.45, 2.75) is 12.6 Å². The predicted octanol–water partition coefficient (Wildman–Crippen LogP) is -0.173. The molecule has 1 fully saturated rings. The summed E-state index contributed by atoms with van der Waals surface area (Å²) in [5, 5.41) is 7.12. The van der Waals surface area contributed by atoms with Gasteiger partial charge in [-0.3, -0.25) is 4.79 Å². The van der Waals surface area contributed by atoms with E-state index in [1.165, 1.54) is 0 Å². The third kappa shape index (κ3) is 7.07. The molecule has 1 heterocycles. The predicted molar refractivity (Wildman–Crippen MR) is 54.8 cm³/mol. The maximum absolute atomic E-state index is 11.2. The van der Waals surface area contributed by atoms with Crippen LogP contribution in [0.5, 0.6) is 0 Å². The SMILES string of the molecule is NCCC(=O)N1CCOCC1.O=C(O)C(F)(F)F. The number of ether oxygens (including phenoxy) is 1. The Balaban J connectivity index is 0.000000360. The number of halogens is 3. The van der Waals surface area contributed by atoms with E-state index in [9.17, 15) is 18.0 Å². The Bertz CT molecular complexity index is 277. The van der Waals surface area contributed by atoms with Crippen LogP contribution in [0.1, 0.15) is 6.42 Å². The number of carbonyl (C=O) groups excluding carboxylic acids is 1. The number of nitrogens with two attached hydrogens (primary N) is 1. The van der Waals surface area contributed by atoms with E-state index in [2.05, 4.69) is 0 Å². The standard InChI is InChI=1S/C7H14N2O2.C2HF3O2/c8-2-1-7(10)9-3-5-11-6-4-9;3-2(4,5)1(6)7/h1-6,8H2;(H,6,7). The van der Waals surface area contributed by atoms with E-state index in [0.29, 0.717) is 26.2 Å². The third-order valence-corrected chi connectivity index (χ3v) is 1.96. The van der Waals surface area contributed by atoms with Crippen molar-refractivity contribution >= 4 is 11.9 Å². The molecule has 1 amide bonds. The van der Waals surface area contributed by atoms with Crippen molar-refractivity contribution in [3.63, 3.8) is 0 Å². The fourth-order valence-corrected chi connectivity index (χ4v) is 1.09. The number of nitrogens with zero attached hydrogens (tertiary/aromatic N) is 1. The molecule has 0 radical (unpaired) electrons. The second-order valence-electron chi connectivity index (χ2n) is 3.33. The summed E-state index contributed by atoms with van der Waals surface area (Å²) in [4.78, 5) is 21.9. The number of aliphatic carboxylic acids is 1. The van der Waals surface area contributed by atoms with E-state index in [1.807, 2.05) is 0 Å². The molecule has 1 rings (SSSR count). The van der Waals surface area contributed by atoms with Gasteiger partial charge in [0.1, 0.15) is 0 Å². The quantitative estimate of drug-likeness (QED) is 0.728. The van der Waals surface area contributed by atoms with Crippen LogP contribution in [-0.4, -0.2) is 60.9 Å². The van der Waals surface area contributed by atoms with Crippen molar-refractivity contribution in [3.05, 3.63) is 0 Å². The molecule has 1 aliphatic heterocycles. The number of amides is 1. The summed E-state index contributed by atoms with van der Waals surface area (Å²) < 4.78 is 36.8. The molecule has 0 aromatic heterocycles. The lowest BCUT2D eigenvalue weighted by Crippen LogP contribution is -2.41. The number of carboxylic acids is 1. The molecule has 6 nitrogen and oxygen atoms in total. The summed E-state index contributed by atoms with van der Waals surface area (Å²) >= 11 is 0. The van der Waals surface area contributed by atoms with Crippen molar-refractivity contribution in [1.29, 1.82) is 0 Å². The van der Waals surface area contributed by atoms with Crippen LogP contribution in [0.15, 0.2) is 0 Å². The van der Waals surface area contributed by atoms with Gasteiger partial charge in [-0.25, -0.2) is 4.79 Å². The van der Waals surface area contributed by atoms with Crippen molar-refractivity contribution in [1.82, 2.24) is 4.90 Å². The molecule has 1 aliphatic rings. The van der Waals surface area contributed by atoms with Crippen LogP contribution in [0.3, 0.4) is 0 Å². The van der Waals surface area contributed by atoms with E-state index < -0.39 is 12.1 Å². The molecule has 0 atom stereocenters. The highest BCUT2D eigenvalue weighted by molar-refractivity contribution is 5.76. The van der Waals surface area contributed by atoms with Crippen LogP contribution in [-0.2, 0) is 14.3 Å². The van der Waals surface area contributed by atoms with E-state index >= 15 is 0 Å². The average molecular weight is 272 g/mol. The van der Waals surface area contributed by atoms with Gasteiger partial charge in [-0.05, 0) is 0 Å². The molecule has 0 aliphatic carbocycles. The Labute approximate surface area is 101 Å². The average Bonchev–Trinajstić information content (AvgIpc) is 2.30. The Morgan fingerprint density at radius 2 is 1.72 bits per heavy atom. The Kier molecular flexibility index (Phi) is 7.29. The lowest BCUT2D eigenvalue weighted by molar-refractivity contribution is -0.192. The second kappa shape index (κ2) is 7.88. The first-order chi connectivity index (χ1) is 8.29. The first-order valence-corrected chi connectivity index (χ1v) is 5.14. The van der Waals surface area contributed by atoms with Gasteiger partial charge < -0.3 is 20.5 Å². The summed E-state index contributed by atoms with van der Waals surface area (Å²) in [5.41, 5.74) is 5.26. The minimum Gasteiger partial charge on any atom is -0.475 e. The van der Waals surface area contributed by atoms with Gasteiger partial charge in [-0.1, -0.05) is 0 Å². The van der Waals surface area contributed by atoms with E-state index in [-0.39, 0.29) is 5.91 Å². The normalized spacial score (nSPS) is 15.7. The molecule has 0 bridgehead atoms. The molecule has 0 spiro atoms. The largest absolute Gasteiger partial charge is 0.490 e. The number of hydrogen-bond donors (Lipinski definition) is 2. The third-order valence-electron chi connectivity index (χ3n) is 1.96. The summed E-state index contributed by atoms with van der Waals surface area (Å²) in [5.74, 6) is -2.61. The Hall–Kier alpha value is -1.35. The zero-order chi connectivity index (χ0) is 14.2. The number of carbonyl (C=O) groups is 2. The molecule has 106 valence electrons. The summed E-state index contributed by atoms with van der Waals surface area (Å²) in [6, 6.07) is 0. The molecule has 0 unspecified atom stereocenters. The fraction of sp³-hybridized carbons (Fsp3) is 0.778. The van der Waals surface area contributed by atoms with Crippen LogP contribution in [0.2, 0.25) is 0 Å². The van der Waals surface area contributed by atoms with Crippen LogP contribution in [0.25, 0.3) is 0 Å². The number of morpholine rings is 1. The molecule has 18 heavy (non-hydrogen) atoms. The highest BCUT2D eigenvalue weighted by Gasteiger charge is 2.38. The maximum atomic E-state index is 11.2. The minimum absolute atomic E-state index is 0.149. The molecular formula is C9H15F3N2O4. The van der Waals surface area contributed by atoms with Gasteiger partial charge in [0.25, 0.3) is 0 Å². The van der Waals surface area contributed by atoms with Crippen LogP contribution in [0.4, 0.5) is 13.2 Å². The van der Waals surface area contributed by atoms with Crippen LogP contribution >= 0.6 is 0 Å². The van der Waals surface area contributed by atoms with Crippen molar-refractivity contribution < 1.29 is 32.6 Å². The van der Waals surface area contributed by atoms with Gasteiger partial charge in [0.15, 0.2) is 0 Å². The van der Waals surface area contributed by atoms with Crippen molar-refractivity contribution in [2.75, 3.05) is 32.8 Å². The maximum Gasteiger partial charge on any atom is 0.490 e. The number of carboxylic acid groups (broad SMARTS) is 1. The number of hydrogen-bond acceptors (Lipinski definition) is 4. The lowest BCUT2D eigenvalue weighted by Gasteiger charge is -2.26. The summed E-state index contributed by atoms with van der Waals surface area (Å²) in [7, 11) is 0. The van der Waals surface area contributed by atoms with Crippen molar-refractivity contribution in [2.24, 2.45) is 5.73 Å². The summed E-state index contributed by atoms with van der Waals surface area (Å²) in [6.07, 6.45) is -4.63. The van der Waals surface area contributed by atoms with Crippen LogP contribution in [0, 0.1) is 0 Å². The van der Waals surface area contributed by atoms with Crippen molar-refractivity contribution in [3.8, 4) is 0 Å². The van der Waals surface area contributed by atoms with Gasteiger partial charge in [-0.15, -0.1) is 0 Å². The molecule has 0 aromatic carbocycles.